The monoisotopic (exact) mass is 146 g/mol. The standard InChI is InChI=1S/C6H14N2S/c1-6(7)2-3-8-4-5-9-6/h8H,2-5,7H2,1H3. The van der Waals surface area contributed by atoms with E-state index in [-0.39, 0.29) is 4.87 Å². The molecule has 1 atom stereocenters. The van der Waals surface area contributed by atoms with E-state index in [0.717, 1.165) is 25.3 Å². The lowest BCUT2D eigenvalue weighted by Gasteiger charge is -2.20. The van der Waals surface area contributed by atoms with Gasteiger partial charge in [-0.2, -0.15) is 0 Å². The molecule has 1 unspecified atom stereocenters. The maximum atomic E-state index is 5.90. The minimum Gasteiger partial charge on any atom is -0.317 e. The van der Waals surface area contributed by atoms with E-state index in [0.29, 0.717) is 0 Å². The first-order chi connectivity index (χ1) is 4.21. The maximum Gasteiger partial charge on any atom is 0.0604 e. The largest absolute Gasteiger partial charge is 0.317 e. The Morgan fingerprint density at radius 1 is 1.56 bits per heavy atom. The summed E-state index contributed by atoms with van der Waals surface area (Å²) in [6.07, 6.45) is 1.08. The molecular formula is C6H14N2S. The molecule has 0 aliphatic carbocycles. The Bertz CT molecular complexity index is 83.1. The third-order valence-corrected chi connectivity index (χ3v) is 2.78. The van der Waals surface area contributed by atoms with Gasteiger partial charge in [-0.1, -0.05) is 0 Å². The first kappa shape index (κ1) is 7.38. The average molecular weight is 146 g/mol. The minimum absolute atomic E-state index is 0.0174. The van der Waals surface area contributed by atoms with Gasteiger partial charge in [-0.3, -0.25) is 0 Å². The van der Waals surface area contributed by atoms with Crippen LogP contribution in [-0.2, 0) is 0 Å². The van der Waals surface area contributed by atoms with Gasteiger partial charge in [0.2, 0.25) is 0 Å². The Morgan fingerprint density at radius 3 is 3.11 bits per heavy atom. The van der Waals surface area contributed by atoms with Crippen molar-refractivity contribution < 1.29 is 0 Å². The van der Waals surface area contributed by atoms with Crippen LogP contribution in [0.25, 0.3) is 0 Å². The molecule has 0 radical (unpaired) electrons. The van der Waals surface area contributed by atoms with Gasteiger partial charge in [-0.25, -0.2) is 0 Å². The van der Waals surface area contributed by atoms with E-state index < -0.39 is 0 Å². The van der Waals surface area contributed by atoms with Crippen molar-refractivity contribution >= 4 is 11.8 Å². The number of rotatable bonds is 0. The fourth-order valence-corrected chi connectivity index (χ4v) is 1.85. The van der Waals surface area contributed by atoms with Crippen molar-refractivity contribution in [2.75, 3.05) is 18.8 Å². The summed E-state index contributed by atoms with van der Waals surface area (Å²) in [6.45, 7) is 4.28. The van der Waals surface area contributed by atoms with Crippen LogP contribution >= 0.6 is 11.8 Å². The summed E-state index contributed by atoms with van der Waals surface area (Å²) in [6, 6.07) is 0. The molecule has 1 aliphatic heterocycles. The first-order valence-corrected chi connectivity index (χ1v) is 4.33. The molecule has 3 heteroatoms. The molecule has 3 N–H and O–H groups in total. The lowest BCUT2D eigenvalue weighted by molar-refractivity contribution is 0.583. The highest BCUT2D eigenvalue weighted by molar-refractivity contribution is 8.00. The summed E-state index contributed by atoms with van der Waals surface area (Å²) >= 11 is 1.86. The van der Waals surface area contributed by atoms with E-state index in [1.165, 1.54) is 0 Å². The molecule has 1 fully saturated rings. The summed E-state index contributed by atoms with van der Waals surface area (Å²) in [5.74, 6) is 1.15. The molecule has 0 spiro atoms. The van der Waals surface area contributed by atoms with Crippen LogP contribution in [0.2, 0.25) is 0 Å². The van der Waals surface area contributed by atoms with Crippen molar-refractivity contribution in [3.05, 3.63) is 0 Å². The Kier molecular flexibility index (Phi) is 2.38. The van der Waals surface area contributed by atoms with Crippen molar-refractivity contribution in [2.24, 2.45) is 5.73 Å². The van der Waals surface area contributed by atoms with Gasteiger partial charge in [0.05, 0.1) is 4.87 Å². The zero-order chi connectivity index (χ0) is 6.74. The summed E-state index contributed by atoms with van der Waals surface area (Å²) < 4.78 is 0. The smallest absolute Gasteiger partial charge is 0.0604 e. The Balaban J connectivity index is 2.36. The molecule has 1 saturated heterocycles. The van der Waals surface area contributed by atoms with Gasteiger partial charge >= 0.3 is 0 Å². The summed E-state index contributed by atoms with van der Waals surface area (Å²) in [7, 11) is 0. The topological polar surface area (TPSA) is 38.0 Å². The highest BCUT2D eigenvalue weighted by Crippen LogP contribution is 2.22. The molecule has 1 heterocycles. The van der Waals surface area contributed by atoms with Crippen molar-refractivity contribution in [2.45, 2.75) is 18.2 Å². The van der Waals surface area contributed by atoms with Crippen molar-refractivity contribution in [3.63, 3.8) is 0 Å². The zero-order valence-electron chi connectivity index (χ0n) is 5.81. The van der Waals surface area contributed by atoms with Gasteiger partial charge in [0.1, 0.15) is 0 Å². The maximum absolute atomic E-state index is 5.90. The number of hydrogen-bond donors (Lipinski definition) is 2. The average Bonchev–Trinajstić information content (AvgIpc) is 1.92. The molecule has 1 aliphatic rings. The van der Waals surface area contributed by atoms with E-state index in [1.807, 2.05) is 11.8 Å². The second-order valence-corrected chi connectivity index (χ2v) is 4.29. The lowest BCUT2D eigenvalue weighted by Crippen LogP contribution is -2.33. The molecule has 0 aromatic carbocycles. The van der Waals surface area contributed by atoms with Crippen LogP contribution in [0.1, 0.15) is 13.3 Å². The second kappa shape index (κ2) is 2.90. The highest BCUT2D eigenvalue weighted by Gasteiger charge is 2.19. The molecular weight excluding hydrogens is 132 g/mol. The molecule has 0 amide bonds. The first-order valence-electron chi connectivity index (χ1n) is 3.34. The van der Waals surface area contributed by atoms with Crippen LogP contribution in [0.4, 0.5) is 0 Å². The van der Waals surface area contributed by atoms with Crippen molar-refractivity contribution in [1.29, 1.82) is 0 Å². The Morgan fingerprint density at radius 2 is 2.33 bits per heavy atom. The normalized spacial score (nSPS) is 38.0. The number of hydrogen-bond acceptors (Lipinski definition) is 3. The van der Waals surface area contributed by atoms with E-state index in [2.05, 4.69) is 12.2 Å². The van der Waals surface area contributed by atoms with Gasteiger partial charge < -0.3 is 11.1 Å². The molecule has 9 heavy (non-hydrogen) atoms. The number of nitrogens with one attached hydrogen (secondary N) is 1. The predicted octanol–water partition coefficient (Wildman–Crippen LogP) is 0.388. The lowest BCUT2D eigenvalue weighted by atomic mass is 10.2. The van der Waals surface area contributed by atoms with Crippen LogP contribution in [0, 0.1) is 0 Å². The van der Waals surface area contributed by atoms with Gasteiger partial charge in [0.15, 0.2) is 0 Å². The number of thioether (sulfide) groups is 1. The molecule has 54 valence electrons. The highest BCUT2D eigenvalue weighted by atomic mass is 32.2. The summed E-state index contributed by atoms with van der Waals surface area (Å²) in [4.78, 5) is 0.0174. The summed E-state index contributed by atoms with van der Waals surface area (Å²) in [5.41, 5.74) is 5.90. The van der Waals surface area contributed by atoms with Gasteiger partial charge in [-0.05, 0) is 19.9 Å². The van der Waals surface area contributed by atoms with Gasteiger partial charge in [0, 0.05) is 12.3 Å². The third kappa shape index (κ3) is 2.56. The van der Waals surface area contributed by atoms with Crippen LogP contribution < -0.4 is 11.1 Å². The van der Waals surface area contributed by atoms with Crippen LogP contribution in [0.5, 0.6) is 0 Å². The quantitative estimate of drug-likeness (QED) is 0.519. The number of nitrogens with two attached hydrogens (primary N) is 1. The SMILES string of the molecule is CC1(N)CCNCCS1. The zero-order valence-corrected chi connectivity index (χ0v) is 6.63. The molecule has 0 aromatic heterocycles. The van der Waals surface area contributed by atoms with Crippen LogP contribution in [-0.4, -0.2) is 23.7 Å². The summed E-state index contributed by atoms with van der Waals surface area (Å²) in [5, 5.41) is 3.30. The second-order valence-electron chi connectivity index (χ2n) is 2.66. The molecule has 0 aromatic rings. The Labute approximate surface area is 60.6 Å². The fraction of sp³-hybridized carbons (Fsp3) is 1.00. The van der Waals surface area contributed by atoms with Crippen molar-refractivity contribution in [1.82, 2.24) is 5.32 Å². The molecule has 1 rings (SSSR count). The van der Waals surface area contributed by atoms with Crippen LogP contribution in [0.3, 0.4) is 0 Å². The van der Waals surface area contributed by atoms with E-state index in [4.69, 9.17) is 5.73 Å². The van der Waals surface area contributed by atoms with E-state index >= 15 is 0 Å². The van der Waals surface area contributed by atoms with Crippen LogP contribution in [0.15, 0.2) is 0 Å². The predicted molar refractivity (Wildman–Crippen MR) is 42.5 cm³/mol. The molecule has 0 bridgehead atoms. The fourth-order valence-electron chi connectivity index (χ4n) is 0.890. The van der Waals surface area contributed by atoms with Crippen molar-refractivity contribution in [3.8, 4) is 0 Å². The van der Waals surface area contributed by atoms with E-state index in [1.54, 1.807) is 0 Å². The van der Waals surface area contributed by atoms with E-state index in [9.17, 15) is 0 Å². The third-order valence-electron chi connectivity index (χ3n) is 1.51. The molecule has 0 saturated carbocycles. The molecule has 2 nitrogen and oxygen atoms in total. The van der Waals surface area contributed by atoms with Gasteiger partial charge in [-0.15, -0.1) is 11.8 Å². The Hall–Kier alpha value is 0.270. The minimum atomic E-state index is 0.0174. The van der Waals surface area contributed by atoms with Gasteiger partial charge in [0.25, 0.3) is 0 Å².